The first-order chi connectivity index (χ1) is 7.18. The third-order valence-corrected chi connectivity index (χ3v) is 3.77. The number of nitrogens with two attached hydrogens (primary N) is 1. The molecule has 0 saturated heterocycles. The number of carbonyl (C=O) groups excluding carboxylic acids is 1. The lowest BCUT2D eigenvalue weighted by atomic mass is 9.92. The molecule has 86 valence electrons. The summed E-state index contributed by atoms with van der Waals surface area (Å²) in [4.78, 5) is 11.9. The van der Waals surface area contributed by atoms with Crippen LogP contribution in [0.2, 0.25) is 0 Å². The largest absolute Gasteiger partial charge is 0.391 e. The Labute approximate surface area is 90.2 Å². The van der Waals surface area contributed by atoms with E-state index in [1.807, 2.05) is 0 Å². The molecule has 2 fully saturated rings. The van der Waals surface area contributed by atoms with E-state index >= 15 is 0 Å². The van der Waals surface area contributed by atoms with Gasteiger partial charge in [-0.25, -0.2) is 0 Å². The van der Waals surface area contributed by atoms with Crippen molar-refractivity contribution >= 4 is 5.91 Å². The van der Waals surface area contributed by atoms with Gasteiger partial charge in [-0.2, -0.15) is 0 Å². The summed E-state index contributed by atoms with van der Waals surface area (Å²) < 4.78 is 0. The maximum Gasteiger partial charge on any atom is 0.227 e. The van der Waals surface area contributed by atoms with Crippen molar-refractivity contribution in [2.45, 2.75) is 50.7 Å². The van der Waals surface area contributed by atoms with Crippen LogP contribution in [0, 0.1) is 5.41 Å². The van der Waals surface area contributed by atoms with Crippen LogP contribution >= 0.6 is 0 Å². The molecule has 4 N–H and O–H groups in total. The molecule has 2 aliphatic carbocycles. The molecule has 4 nitrogen and oxygen atoms in total. The van der Waals surface area contributed by atoms with Crippen molar-refractivity contribution in [2.24, 2.45) is 11.1 Å². The first-order valence-corrected chi connectivity index (χ1v) is 5.87. The molecule has 2 saturated carbocycles. The maximum absolute atomic E-state index is 11.9. The predicted octanol–water partition coefficient (Wildman–Crippen LogP) is 0.145. The number of aliphatic hydroxyl groups excluding tert-OH is 1. The van der Waals surface area contributed by atoms with E-state index < -0.39 is 0 Å². The number of carbonyl (C=O) groups is 1. The predicted molar refractivity (Wildman–Crippen MR) is 57.1 cm³/mol. The highest BCUT2D eigenvalue weighted by molar-refractivity contribution is 5.85. The number of hydrogen-bond acceptors (Lipinski definition) is 3. The molecular formula is C11H20N2O2. The molecule has 0 spiro atoms. The van der Waals surface area contributed by atoms with E-state index in [0.29, 0.717) is 6.54 Å². The van der Waals surface area contributed by atoms with Crippen LogP contribution < -0.4 is 11.1 Å². The summed E-state index contributed by atoms with van der Waals surface area (Å²) in [5.74, 6) is 0.0518. The molecule has 2 atom stereocenters. The number of aliphatic hydroxyl groups is 1. The molecule has 2 rings (SSSR count). The molecule has 0 bridgehead atoms. The Bertz CT molecular complexity index is 251. The van der Waals surface area contributed by atoms with Gasteiger partial charge in [-0.1, -0.05) is 12.8 Å². The van der Waals surface area contributed by atoms with Gasteiger partial charge in [0.15, 0.2) is 0 Å². The molecule has 4 heteroatoms. The van der Waals surface area contributed by atoms with Gasteiger partial charge < -0.3 is 16.2 Å². The summed E-state index contributed by atoms with van der Waals surface area (Å²) >= 11 is 0. The molecule has 1 amide bonds. The molecule has 0 aliphatic heterocycles. The van der Waals surface area contributed by atoms with Gasteiger partial charge in [-0.05, 0) is 25.7 Å². The minimum atomic E-state index is -0.365. The quantitative estimate of drug-likeness (QED) is 0.623. The SMILES string of the molecule is NCC1(C(=O)N[C@@H]2CCCC[C@H]2O)CC1. The second-order valence-electron chi connectivity index (χ2n) is 4.92. The van der Waals surface area contributed by atoms with Crippen molar-refractivity contribution in [2.75, 3.05) is 6.54 Å². The number of nitrogens with one attached hydrogen (secondary N) is 1. The molecular weight excluding hydrogens is 192 g/mol. The van der Waals surface area contributed by atoms with Gasteiger partial charge in [-0.15, -0.1) is 0 Å². The van der Waals surface area contributed by atoms with Crippen LogP contribution in [0.4, 0.5) is 0 Å². The standard InChI is InChI=1S/C11H20N2O2/c12-7-11(5-6-11)10(15)13-8-3-1-2-4-9(8)14/h8-9,14H,1-7,12H2,(H,13,15)/t8-,9-/m1/s1. The monoisotopic (exact) mass is 212 g/mol. The Morgan fingerprint density at radius 1 is 1.40 bits per heavy atom. The van der Waals surface area contributed by atoms with E-state index in [4.69, 9.17) is 5.73 Å². The van der Waals surface area contributed by atoms with E-state index in [-0.39, 0.29) is 23.5 Å². The van der Waals surface area contributed by atoms with Crippen LogP contribution in [-0.4, -0.2) is 29.7 Å². The number of hydrogen-bond donors (Lipinski definition) is 3. The van der Waals surface area contributed by atoms with E-state index in [0.717, 1.165) is 38.5 Å². The topological polar surface area (TPSA) is 75.4 Å². The van der Waals surface area contributed by atoms with Crippen molar-refractivity contribution in [3.05, 3.63) is 0 Å². The molecule has 0 heterocycles. The minimum absolute atomic E-state index is 0.0460. The second-order valence-corrected chi connectivity index (χ2v) is 4.92. The fourth-order valence-corrected chi connectivity index (χ4v) is 2.28. The van der Waals surface area contributed by atoms with E-state index in [1.165, 1.54) is 0 Å². The Morgan fingerprint density at radius 3 is 2.60 bits per heavy atom. The van der Waals surface area contributed by atoms with E-state index in [9.17, 15) is 9.90 Å². The first kappa shape index (κ1) is 10.9. The van der Waals surface area contributed by atoms with Crippen molar-refractivity contribution in [1.29, 1.82) is 0 Å². The van der Waals surface area contributed by atoms with Crippen LogP contribution in [0.5, 0.6) is 0 Å². The van der Waals surface area contributed by atoms with E-state index in [2.05, 4.69) is 5.32 Å². The Morgan fingerprint density at radius 2 is 2.07 bits per heavy atom. The third kappa shape index (κ3) is 2.16. The maximum atomic E-state index is 11.9. The Hall–Kier alpha value is -0.610. The summed E-state index contributed by atoms with van der Waals surface area (Å²) in [6.45, 7) is 0.432. The molecule has 0 aromatic carbocycles. The summed E-state index contributed by atoms with van der Waals surface area (Å²) in [6.07, 6.45) is 5.30. The lowest BCUT2D eigenvalue weighted by molar-refractivity contribution is -0.128. The second kappa shape index (κ2) is 4.10. The van der Waals surface area contributed by atoms with Crippen molar-refractivity contribution in [1.82, 2.24) is 5.32 Å². The molecule has 15 heavy (non-hydrogen) atoms. The Balaban J connectivity index is 1.88. The Kier molecular flexibility index (Phi) is 2.98. The summed E-state index contributed by atoms with van der Waals surface area (Å²) in [5.41, 5.74) is 5.29. The highest BCUT2D eigenvalue weighted by atomic mass is 16.3. The van der Waals surface area contributed by atoms with Gasteiger partial charge in [0.2, 0.25) is 5.91 Å². The van der Waals surface area contributed by atoms with Crippen molar-refractivity contribution < 1.29 is 9.90 Å². The number of amides is 1. The zero-order valence-corrected chi connectivity index (χ0v) is 9.04. The lowest BCUT2D eigenvalue weighted by Crippen LogP contribution is -2.49. The van der Waals surface area contributed by atoms with Crippen LogP contribution in [-0.2, 0) is 4.79 Å². The van der Waals surface area contributed by atoms with Crippen molar-refractivity contribution in [3.8, 4) is 0 Å². The van der Waals surface area contributed by atoms with Gasteiger partial charge in [0, 0.05) is 6.54 Å². The van der Waals surface area contributed by atoms with Crippen LogP contribution in [0.3, 0.4) is 0 Å². The van der Waals surface area contributed by atoms with Gasteiger partial charge in [0.05, 0.1) is 17.6 Å². The van der Waals surface area contributed by atoms with Gasteiger partial charge in [-0.3, -0.25) is 4.79 Å². The average molecular weight is 212 g/mol. The molecule has 2 aliphatic rings. The zero-order chi connectivity index (χ0) is 10.9. The van der Waals surface area contributed by atoms with Gasteiger partial charge in [0.1, 0.15) is 0 Å². The van der Waals surface area contributed by atoms with Crippen LogP contribution in [0.1, 0.15) is 38.5 Å². The molecule has 0 radical (unpaired) electrons. The summed E-state index contributed by atoms with van der Waals surface area (Å²) in [7, 11) is 0. The number of rotatable bonds is 3. The lowest BCUT2D eigenvalue weighted by Gasteiger charge is -2.29. The van der Waals surface area contributed by atoms with Gasteiger partial charge in [0.25, 0.3) is 0 Å². The third-order valence-electron chi connectivity index (χ3n) is 3.77. The summed E-state index contributed by atoms with van der Waals surface area (Å²) in [5, 5.41) is 12.7. The van der Waals surface area contributed by atoms with E-state index in [1.54, 1.807) is 0 Å². The fourth-order valence-electron chi connectivity index (χ4n) is 2.28. The van der Waals surface area contributed by atoms with Crippen molar-refractivity contribution in [3.63, 3.8) is 0 Å². The zero-order valence-electron chi connectivity index (χ0n) is 9.04. The smallest absolute Gasteiger partial charge is 0.227 e. The molecule has 0 unspecified atom stereocenters. The molecule has 0 aromatic rings. The highest BCUT2D eigenvalue weighted by Crippen LogP contribution is 2.44. The molecule has 0 aromatic heterocycles. The van der Waals surface area contributed by atoms with Crippen LogP contribution in [0.15, 0.2) is 0 Å². The average Bonchev–Trinajstić information content (AvgIpc) is 3.02. The first-order valence-electron chi connectivity index (χ1n) is 5.87. The van der Waals surface area contributed by atoms with Gasteiger partial charge >= 0.3 is 0 Å². The highest BCUT2D eigenvalue weighted by Gasteiger charge is 2.49. The fraction of sp³-hybridized carbons (Fsp3) is 0.909. The minimum Gasteiger partial charge on any atom is -0.391 e. The normalized spacial score (nSPS) is 33.5. The van der Waals surface area contributed by atoms with Crippen LogP contribution in [0.25, 0.3) is 0 Å². The summed E-state index contributed by atoms with van der Waals surface area (Å²) in [6, 6.07) is -0.0460.